The van der Waals surface area contributed by atoms with Crippen LogP contribution < -0.4 is 10.1 Å². The van der Waals surface area contributed by atoms with Gasteiger partial charge in [0.25, 0.3) is 0 Å². The summed E-state index contributed by atoms with van der Waals surface area (Å²) in [5.41, 5.74) is 2.53. The first-order chi connectivity index (χ1) is 9.70. The molecular weight excluding hydrogens is 250 g/mol. The van der Waals surface area contributed by atoms with Crippen molar-refractivity contribution in [2.45, 2.75) is 52.2 Å². The van der Waals surface area contributed by atoms with Crippen LogP contribution in [0.5, 0.6) is 5.75 Å². The van der Waals surface area contributed by atoms with Gasteiger partial charge in [0.15, 0.2) is 0 Å². The van der Waals surface area contributed by atoms with Gasteiger partial charge in [-0.3, -0.25) is 0 Å². The minimum Gasteiger partial charge on any atom is -0.488 e. The lowest BCUT2D eigenvalue weighted by Gasteiger charge is -2.26. The van der Waals surface area contributed by atoms with Crippen LogP contribution in [0.4, 0.5) is 0 Å². The molecule has 0 aromatic heterocycles. The average Bonchev–Trinajstić information content (AvgIpc) is 2.47. The number of benzene rings is 1. The Balaban J connectivity index is 2.09. The predicted molar refractivity (Wildman–Crippen MR) is 82.4 cm³/mol. The van der Waals surface area contributed by atoms with Crippen molar-refractivity contribution in [3.8, 4) is 5.75 Å². The van der Waals surface area contributed by atoms with Gasteiger partial charge in [0.1, 0.15) is 11.9 Å². The molecule has 112 valence electrons. The van der Waals surface area contributed by atoms with Crippen LogP contribution in [0.1, 0.15) is 50.3 Å². The zero-order valence-corrected chi connectivity index (χ0v) is 12.9. The van der Waals surface area contributed by atoms with E-state index in [4.69, 9.17) is 9.47 Å². The van der Waals surface area contributed by atoms with E-state index >= 15 is 0 Å². The van der Waals surface area contributed by atoms with Gasteiger partial charge >= 0.3 is 0 Å². The summed E-state index contributed by atoms with van der Waals surface area (Å²) in [7, 11) is 0. The smallest absolute Gasteiger partial charge is 0.124 e. The highest BCUT2D eigenvalue weighted by atomic mass is 16.5. The molecule has 20 heavy (non-hydrogen) atoms. The van der Waals surface area contributed by atoms with Crippen LogP contribution in [0.2, 0.25) is 0 Å². The molecule has 0 bridgehead atoms. The third kappa shape index (κ3) is 4.22. The largest absolute Gasteiger partial charge is 0.488 e. The minimum atomic E-state index is 0.198. The molecule has 0 saturated carbocycles. The van der Waals surface area contributed by atoms with E-state index in [1.807, 2.05) is 0 Å². The van der Waals surface area contributed by atoms with Gasteiger partial charge < -0.3 is 14.8 Å². The molecule has 1 N–H and O–H groups in total. The molecule has 3 heteroatoms. The van der Waals surface area contributed by atoms with Gasteiger partial charge in [0.2, 0.25) is 0 Å². The second-order valence-electron chi connectivity index (χ2n) is 5.67. The number of ether oxygens (including phenoxy) is 2. The summed E-state index contributed by atoms with van der Waals surface area (Å²) >= 11 is 0. The summed E-state index contributed by atoms with van der Waals surface area (Å²) in [6.07, 6.45) is 3.52. The molecule has 0 amide bonds. The van der Waals surface area contributed by atoms with Crippen molar-refractivity contribution in [2.24, 2.45) is 0 Å². The first-order valence-corrected chi connectivity index (χ1v) is 7.79. The lowest BCUT2D eigenvalue weighted by Crippen LogP contribution is -2.29. The molecule has 1 fully saturated rings. The van der Waals surface area contributed by atoms with Gasteiger partial charge in [-0.15, -0.1) is 0 Å². The van der Waals surface area contributed by atoms with Gasteiger partial charge in [0.05, 0.1) is 6.61 Å². The highest BCUT2D eigenvalue weighted by molar-refractivity contribution is 5.39. The number of hydrogen-bond donors (Lipinski definition) is 1. The zero-order valence-electron chi connectivity index (χ0n) is 12.9. The predicted octanol–water partition coefficient (Wildman–Crippen LogP) is 3.61. The Hall–Kier alpha value is -1.06. The highest BCUT2D eigenvalue weighted by Gasteiger charge is 2.18. The Kier molecular flexibility index (Phi) is 5.86. The summed E-state index contributed by atoms with van der Waals surface area (Å²) in [6, 6.07) is 6.76. The first-order valence-electron chi connectivity index (χ1n) is 7.79. The van der Waals surface area contributed by atoms with Gasteiger partial charge in [-0.25, -0.2) is 0 Å². The van der Waals surface area contributed by atoms with Crippen molar-refractivity contribution in [1.29, 1.82) is 0 Å². The lowest BCUT2D eigenvalue weighted by molar-refractivity contribution is 0.00686. The van der Waals surface area contributed by atoms with Crippen molar-refractivity contribution < 1.29 is 9.47 Å². The second-order valence-corrected chi connectivity index (χ2v) is 5.67. The molecule has 1 aromatic carbocycles. The van der Waals surface area contributed by atoms with Gasteiger partial charge in [-0.1, -0.05) is 24.6 Å². The molecular formula is C17H27NO2. The van der Waals surface area contributed by atoms with E-state index in [9.17, 15) is 0 Å². The minimum absolute atomic E-state index is 0.198. The van der Waals surface area contributed by atoms with Crippen molar-refractivity contribution in [3.05, 3.63) is 29.3 Å². The van der Waals surface area contributed by atoms with Crippen LogP contribution in [-0.4, -0.2) is 25.9 Å². The molecule has 2 atom stereocenters. The quantitative estimate of drug-likeness (QED) is 0.861. The maximum atomic E-state index is 6.18. The molecule has 3 nitrogen and oxygen atoms in total. The van der Waals surface area contributed by atoms with E-state index in [0.717, 1.165) is 38.2 Å². The van der Waals surface area contributed by atoms with Crippen molar-refractivity contribution in [2.75, 3.05) is 19.8 Å². The van der Waals surface area contributed by atoms with E-state index in [2.05, 4.69) is 44.3 Å². The molecule has 1 aromatic rings. The summed E-state index contributed by atoms with van der Waals surface area (Å²) < 4.78 is 11.7. The molecule has 0 spiro atoms. The molecule has 1 saturated heterocycles. The van der Waals surface area contributed by atoms with Crippen molar-refractivity contribution in [1.82, 2.24) is 5.32 Å². The van der Waals surface area contributed by atoms with Crippen LogP contribution in [-0.2, 0) is 4.74 Å². The van der Waals surface area contributed by atoms with E-state index in [1.165, 1.54) is 11.1 Å². The van der Waals surface area contributed by atoms with Gasteiger partial charge in [-0.05, 0) is 45.7 Å². The number of hydrogen-bond acceptors (Lipinski definition) is 3. The lowest BCUT2D eigenvalue weighted by atomic mass is 10.0. The number of nitrogens with one attached hydrogen (secondary N) is 1. The molecule has 2 unspecified atom stereocenters. The van der Waals surface area contributed by atoms with Crippen molar-refractivity contribution in [3.63, 3.8) is 0 Å². The fraction of sp³-hybridized carbons (Fsp3) is 0.647. The number of aryl methyl sites for hydroxylation is 1. The van der Waals surface area contributed by atoms with Gasteiger partial charge in [0, 0.05) is 18.2 Å². The zero-order chi connectivity index (χ0) is 14.4. The summed E-state index contributed by atoms with van der Waals surface area (Å²) in [5, 5.41) is 3.54. The summed E-state index contributed by atoms with van der Waals surface area (Å²) in [6.45, 7) is 9.13. The Morgan fingerprint density at radius 3 is 3.00 bits per heavy atom. The molecule has 1 aliphatic heterocycles. The maximum absolute atomic E-state index is 6.18. The third-order valence-corrected chi connectivity index (χ3v) is 3.74. The Morgan fingerprint density at radius 1 is 1.45 bits per heavy atom. The fourth-order valence-electron chi connectivity index (χ4n) is 2.57. The Morgan fingerprint density at radius 2 is 2.30 bits per heavy atom. The molecule has 1 aliphatic rings. The molecule has 0 aliphatic carbocycles. The Labute approximate surface area is 122 Å². The normalized spacial score (nSPS) is 20.6. The molecule has 0 radical (unpaired) electrons. The second kappa shape index (κ2) is 7.65. The summed E-state index contributed by atoms with van der Waals surface area (Å²) in [4.78, 5) is 0. The maximum Gasteiger partial charge on any atom is 0.124 e. The van der Waals surface area contributed by atoms with Crippen LogP contribution in [0.25, 0.3) is 0 Å². The fourth-order valence-corrected chi connectivity index (χ4v) is 2.57. The van der Waals surface area contributed by atoms with Crippen LogP contribution in [0.15, 0.2) is 18.2 Å². The van der Waals surface area contributed by atoms with Gasteiger partial charge in [-0.2, -0.15) is 0 Å². The van der Waals surface area contributed by atoms with E-state index < -0.39 is 0 Å². The van der Waals surface area contributed by atoms with Crippen LogP contribution in [0, 0.1) is 6.92 Å². The number of rotatable bonds is 6. The third-order valence-electron chi connectivity index (χ3n) is 3.74. The van der Waals surface area contributed by atoms with E-state index in [0.29, 0.717) is 12.6 Å². The van der Waals surface area contributed by atoms with Crippen LogP contribution >= 0.6 is 0 Å². The summed E-state index contributed by atoms with van der Waals surface area (Å²) in [5.74, 6) is 1.00. The van der Waals surface area contributed by atoms with E-state index in [-0.39, 0.29) is 6.10 Å². The Bertz CT molecular complexity index is 413. The van der Waals surface area contributed by atoms with Crippen molar-refractivity contribution >= 4 is 0 Å². The monoisotopic (exact) mass is 277 g/mol. The topological polar surface area (TPSA) is 30.5 Å². The first kappa shape index (κ1) is 15.3. The standard InChI is InChI=1S/C17H27NO2/c1-4-9-18-14(3)16-11-13(2)7-8-17(16)20-15-6-5-10-19-12-15/h7-8,11,14-15,18H,4-6,9-10,12H2,1-3H3. The SMILES string of the molecule is CCCNC(C)c1cc(C)ccc1OC1CCCOC1. The highest BCUT2D eigenvalue weighted by Crippen LogP contribution is 2.28. The van der Waals surface area contributed by atoms with Crippen LogP contribution in [0.3, 0.4) is 0 Å². The molecule has 2 rings (SSSR count). The molecule has 1 heterocycles. The average molecular weight is 277 g/mol. The van der Waals surface area contributed by atoms with E-state index in [1.54, 1.807) is 0 Å².